The maximum absolute atomic E-state index is 11.2. The molecule has 0 saturated heterocycles. The first kappa shape index (κ1) is 49.9. The van der Waals surface area contributed by atoms with Gasteiger partial charge in [-0.1, -0.05) is 13.8 Å². The molecule has 330 valence electrons. The van der Waals surface area contributed by atoms with Crippen molar-refractivity contribution in [1.29, 1.82) is 0 Å². The van der Waals surface area contributed by atoms with Crippen molar-refractivity contribution in [3.63, 3.8) is 0 Å². The van der Waals surface area contributed by atoms with Gasteiger partial charge in [-0.3, -0.25) is 19.2 Å². The van der Waals surface area contributed by atoms with Gasteiger partial charge in [0.1, 0.15) is 28.7 Å². The molecule has 12 N–H and O–H groups in total. The lowest BCUT2D eigenvalue weighted by Gasteiger charge is -2.28. The highest BCUT2D eigenvalue weighted by Crippen LogP contribution is 2.39. The van der Waals surface area contributed by atoms with Crippen LogP contribution in [0.2, 0.25) is 0 Å². The number of aldehydes is 4. The van der Waals surface area contributed by atoms with E-state index < -0.39 is 31.0 Å². The van der Waals surface area contributed by atoms with Crippen molar-refractivity contribution in [1.82, 2.24) is 0 Å². The molecule has 0 radical (unpaired) electrons. The second-order valence-electron chi connectivity index (χ2n) is 14.5. The molecule has 62 heavy (non-hydrogen) atoms. The van der Waals surface area contributed by atoms with Crippen LogP contribution in [0.15, 0.2) is 48.5 Å². The summed E-state index contributed by atoms with van der Waals surface area (Å²) < 4.78 is 0. The lowest BCUT2D eigenvalue weighted by atomic mass is 9.76. The van der Waals surface area contributed by atoms with Crippen LogP contribution in [0.5, 0.6) is 28.7 Å². The number of carbonyl (C=O) groups excluding carboxylic acids is 4. The molecule has 0 fully saturated rings. The van der Waals surface area contributed by atoms with Gasteiger partial charge in [-0.25, -0.2) is 0 Å². The Balaban J connectivity index is 0.000000255. The number of hydrogen-bond acceptors (Lipinski definition) is 16. The molecule has 0 aliphatic rings. The maximum atomic E-state index is 11.2. The van der Waals surface area contributed by atoms with Crippen molar-refractivity contribution in [2.75, 3.05) is 0 Å². The number of hydrogen-bond donors (Lipinski definition) is 12. The molecule has 0 amide bonds. The molecule has 0 saturated carbocycles. The van der Waals surface area contributed by atoms with Crippen LogP contribution in [0, 0.1) is 13.8 Å². The quantitative estimate of drug-likeness (QED) is 0.0705. The van der Waals surface area contributed by atoms with Gasteiger partial charge in [0.05, 0.1) is 68.5 Å². The van der Waals surface area contributed by atoms with Crippen LogP contribution in [0.3, 0.4) is 0 Å². The summed E-state index contributed by atoms with van der Waals surface area (Å²) in [5, 5.41) is 114. The zero-order valence-electron chi connectivity index (χ0n) is 34.4. The topological polar surface area (TPSA) is 311 Å². The molecule has 5 rings (SSSR count). The molecule has 0 aromatic heterocycles. The molecule has 5 aromatic rings. The van der Waals surface area contributed by atoms with Crippen LogP contribution in [0.25, 0.3) is 11.1 Å². The number of aliphatic hydroxyl groups is 7. The average molecular weight is 859 g/mol. The predicted molar refractivity (Wildman–Crippen MR) is 224 cm³/mol. The van der Waals surface area contributed by atoms with E-state index in [1.54, 1.807) is 32.0 Å². The van der Waals surface area contributed by atoms with E-state index in [2.05, 4.69) is 0 Å². The van der Waals surface area contributed by atoms with Crippen LogP contribution >= 0.6 is 0 Å². The van der Waals surface area contributed by atoms with Gasteiger partial charge in [-0.05, 0) is 101 Å². The van der Waals surface area contributed by atoms with Gasteiger partial charge in [0.2, 0.25) is 0 Å². The fourth-order valence-corrected chi connectivity index (χ4v) is 6.73. The molecular weight excluding hydrogens is 808 g/mol. The largest absolute Gasteiger partial charge is 0.507 e. The predicted octanol–water partition coefficient (Wildman–Crippen LogP) is 3.89. The smallest absolute Gasteiger partial charge is 0.154 e. The van der Waals surface area contributed by atoms with E-state index in [0.29, 0.717) is 69.7 Å². The van der Waals surface area contributed by atoms with Gasteiger partial charge >= 0.3 is 0 Å². The third kappa shape index (κ3) is 10.3. The van der Waals surface area contributed by atoms with Gasteiger partial charge in [-0.2, -0.15) is 0 Å². The minimum Gasteiger partial charge on any atom is -0.507 e. The summed E-state index contributed by atoms with van der Waals surface area (Å²) in [6.07, 6.45) is 1.89. The number of rotatable bonds is 14. The summed E-state index contributed by atoms with van der Waals surface area (Å²) in [5.74, 6) is -1.22. The first-order chi connectivity index (χ1) is 29.4. The van der Waals surface area contributed by atoms with E-state index in [0.717, 1.165) is 0 Å². The van der Waals surface area contributed by atoms with Gasteiger partial charge < -0.3 is 61.3 Å². The number of aliphatic hydroxyl groups excluding tert-OH is 7. The van der Waals surface area contributed by atoms with E-state index in [9.17, 15) is 70.2 Å². The summed E-state index contributed by atoms with van der Waals surface area (Å²) in [5.41, 5.74) is 4.96. The lowest BCUT2D eigenvalue weighted by Crippen LogP contribution is -2.20. The Labute approximate surface area is 356 Å². The summed E-state index contributed by atoms with van der Waals surface area (Å²) in [4.78, 5) is 44.0. The first-order valence-electron chi connectivity index (χ1n) is 18.8. The summed E-state index contributed by atoms with van der Waals surface area (Å²) >= 11 is 0. The molecule has 0 unspecified atom stereocenters. The highest BCUT2D eigenvalue weighted by molar-refractivity contribution is 5.92. The van der Waals surface area contributed by atoms with Crippen molar-refractivity contribution in [3.8, 4) is 39.9 Å². The van der Waals surface area contributed by atoms with Crippen molar-refractivity contribution in [2.45, 2.75) is 79.4 Å². The SMILES string of the molecule is CC(C)(c1cc(C=O)c(O)c(CO)c1)c1cc(CO)c(O)c(CO)c1.Cc1c(C=O)c(O)c(CO)c(C)c1CO.O=Cc1cc(-c2cc(CO)c(O)c(CO)c2)cc(C=O)c1O. The van der Waals surface area contributed by atoms with E-state index in [4.69, 9.17) is 10.2 Å². The number of benzene rings is 5. The van der Waals surface area contributed by atoms with Crippen LogP contribution in [-0.4, -0.2) is 86.4 Å². The number of phenolic OH excluding ortho intramolecular Hbond substituents is 1. The van der Waals surface area contributed by atoms with E-state index in [-0.39, 0.29) is 99.5 Å². The molecule has 0 atom stereocenters. The molecule has 0 aliphatic carbocycles. The zero-order valence-corrected chi connectivity index (χ0v) is 34.4. The second-order valence-corrected chi connectivity index (χ2v) is 14.5. The fraction of sp³-hybridized carbons (Fsp3) is 0.261. The maximum Gasteiger partial charge on any atom is 0.154 e. The Morgan fingerprint density at radius 2 is 0.758 bits per heavy atom. The Morgan fingerprint density at radius 1 is 0.403 bits per heavy atom. The second kappa shape index (κ2) is 21.8. The van der Waals surface area contributed by atoms with E-state index >= 15 is 0 Å². The van der Waals surface area contributed by atoms with Crippen LogP contribution in [0.4, 0.5) is 0 Å². The highest BCUT2D eigenvalue weighted by Gasteiger charge is 2.28. The molecule has 0 heterocycles. The van der Waals surface area contributed by atoms with Crippen LogP contribution in [-0.2, 0) is 51.7 Å². The minimum absolute atomic E-state index is 0.0521. The van der Waals surface area contributed by atoms with Crippen molar-refractivity contribution >= 4 is 25.1 Å². The van der Waals surface area contributed by atoms with Crippen molar-refractivity contribution in [2.24, 2.45) is 0 Å². The zero-order chi connectivity index (χ0) is 46.6. The highest BCUT2D eigenvalue weighted by atomic mass is 16.3. The third-order valence-electron chi connectivity index (χ3n) is 10.7. The first-order valence-corrected chi connectivity index (χ1v) is 18.8. The minimum atomic E-state index is -0.684. The number of phenols is 5. The van der Waals surface area contributed by atoms with Crippen LogP contribution in [0.1, 0.15) is 116 Å². The normalized spacial score (nSPS) is 10.9. The molecule has 0 aliphatic heterocycles. The summed E-state index contributed by atoms with van der Waals surface area (Å²) in [6, 6.07) is 12.1. The Kier molecular flexibility index (Phi) is 17.6. The molecule has 0 bridgehead atoms. The van der Waals surface area contributed by atoms with E-state index in [1.165, 1.54) is 30.3 Å². The van der Waals surface area contributed by atoms with Gasteiger partial charge in [0.15, 0.2) is 25.1 Å². The average Bonchev–Trinajstić information content (AvgIpc) is 3.27. The van der Waals surface area contributed by atoms with Crippen LogP contribution < -0.4 is 0 Å². The van der Waals surface area contributed by atoms with Crippen molar-refractivity contribution in [3.05, 3.63) is 132 Å². The standard InChI is InChI=1S/C19H22O6.C16H14O6.C11H14O4/c1-19(2,15-3-11(7-20)17(24)12(4-15)8-21)16-5-13(9-22)18(25)14(6-16)10-23;17-5-11-1-9(2-12(6-18)15(11)21)10-3-13(7-19)16(22)14(4-10)8-20;1-6-8(3-12)7(2)10(5-14)11(15)9(6)4-13/h3-7,21-25H,8-10H2,1-2H3;1-6,19-22H,7-8H2;4,12,14-15H,3,5H2,1-2H3. The summed E-state index contributed by atoms with van der Waals surface area (Å²) in [7, 11) is 0. The van der Waals surface area contributed by atoms with Crippen molar-refractivity contribution < 1.29 is 80.5 Å². The number of aromatic hydroxyl groups is 5. The molecule has 16 heteroatoms. The molecule has 16 nitrogen and oxygen atoms in total. The molecule has 5 aromatic carbocycles. The number of carbonyl (C=O) groups is 4. The Morgan fingerprint density at radius 3 is 1.13 bits per heavy atom. The monoisotopic (exact) mass is 858 g/mol. The third-order valence-corrected chi connectivity index (χ3v) is 10.7. The Bertz CT molecular complexity index is 2340. The summed E-state index contributed by atoms with van der Waals surface area (Å²) in [6.45, 7) is 4.43. The van der Waals surface area contributed by atoms with Gasteiger partial charge in [0.25, 0.3) is 0 Å². The molecule has 0 spiro atoms. The van der Waals surface area contributed by atoms with Gasteiger partial charge in [-0.15, -0.1) is 0 Å². The Hall–Kier alpha value is -6.50. The molecular formula is C46H50O16. The van der Waals surface area contributed by atoms with Gasteiger partial charge in [0, 0.05) is 38.8 Å². The lowest BCUT2D eigenvalue weighted by molar-refractivity contribution is 0.110. The van der Waals surface area contributed by atoms with E-state index in [1.807, 2.05) is 13.8 Å². The fourth-order valence-electron chi connectivity index (χ4n) is 6.73.